The van der Waals surface area contributed by atoms with E-state index in [1.807, 2.05) is 13.0 Å². The SMILES string of the molecule is Cc1ccc(C2(C(C)C)CCCCCN2)cc1F. The molecule has 0 aromatic heterocycles. The van der Waals surface area contributed by atoms with Crippen LogP contribution >= 0.6 is 0 Å². The molecule has 100 valence electrons. The van der Waals surface area contributed by atoms with Crippen molar-refractivity contribution < 1.29 is 4.39 Å². The molecule has 1 unspecified atom stereocenters. The molecule has 0 bridgehead atoms. The molecule has 1 aromatic carbocycles. The first-order chi connectivity index (χ1) is 8.56. The van der Waals surface area contributed by atoms with E-state index in [0.717, 1.165) is 24.1 Å². The van der Waals surface area contributed by atoms with Gasteiger partial charge in [-0.25, -0.2) is 4.39 Å². The van der Waals surface area contributed by atoms with Crippen LogP contribution in [-0.4, -0.2) is 6.54 Å². The number of nitrogens with one attached hydrogen (secondary N) is 1. The normalized spacial score (nSPS) is 25.2. The third-order valence-electron chi connectivity index (χ3n) is 4.36. The maximum atomic E-state index is 13.8. The van der Waals surface area contributed by atoms with Gasteiger partial charge in [0.1, 0.15) is 5.82 Å². The molecule has 0 radical (unpaired) electrons. The third kappa shape index (κ3) is 2.44. The van der Waals surface area contributed by atoms with Crippen LogP contribution in [0.3, 0.4) is 0 Å². The largest absolute Gasteiger partial charge is 0.307 e. The predicted molar refractivity (Wildman–Crippen MR) is 74.1 cm³/mol. The van der Waals surface area contributed by atoms with Gasteiger partial charge >= 0.3 is 0 Å². The van der Waals surface area contributed by atoms with Crippen LogP contribution in [0.2, 0.25) is 0 Å². The highest BCUT2D eigenvalue weighted by atomic mass is 19.1. The fourth-order valence-corrected chi connectivity index (χ4v) is 3.05. The zero-order valence-corrected chi connectivity index (χ0v) is 11.7. The van der Waals surface area contributed by atoms with E-state index in [2.05, 4.69) is 25.2 Å². The molecule has 1 nitrogen and oxygen atoms in total. The minimum Gasteiger partial charge on any atom is -0.307 e. The average molecular weight is 249 g/mol. The minimum absolute atomic E-state index is 0.0506. The molecule has 1 aromatic rings. The lowest BCUT2D eigenvalue weighted by Crippen LogP contribution is -2.46. The molecular weight excluding hydrogens is 225 g/mol. The predicted octanol–water partition coefficient (Wildman–Crippen LogP) is 4.15. The Kier molecular flexibility index (Phi) is 4.06. The second-order valence-electron chi connectivity index (χ2n) is 5.83. The van der Waals surface area contributed by atoms with Gasteiger partial charge < -0.3 is 5.32 Å². The molecule has 2 rings (SSSR count). The van der Waals surface area contributed by atoms with Crippen molar-refractivity contribution in [2.75, 3.05) is 6.54 Å². The highest BCUT2D eigenvalue weighted by Crippen LogP contribution is 2.37. The van der Waals surface area contributed by atoms with E-state index in [-0.39, 0.29) is 11.4 Å². The molecule has 1 atom stereocenters. The Bertz CT molecular complexity index is 404. The zero-order chi connectivity index (χ0) is 13.2. The van der Waals surface area contributed by atoms with Crippen molar-refractivity contribution in [3.63, 3.8) is 0 Å². The molecule has 2 heteroatoms. The first kappa shape index (κ1) is 13.5. The third-order valence-corrected chi connectivity index (χ3v) is 4.36. The molecule has 1 fully saturated rings. The lowest BCUT2D eigenvalue weighted by atomic mass is 9.76. The number of aryl methyl sites for hydroxylation is 1. The van der Waals surface area contributed by atoms with E-state index in [0.29, 0.717) is 5.92 Å². The Balaban J connectivity index is 2.42. The first-order valence-corrected chi connectivity index (χ1v) is 7.08. The number of hydrogen-bond acceptors (Lipinski definition) is 1. The topological polar surface area (TPSA) is 12.0 Å². The van der Waals surface area contributed by atoms with Gasteiger partial charge in [0.05, 0.1) is 0 Å². The molecule has 0 spiro atoms. The Morgan fingerprint density at radius 2 is 2.00 bits per heavy atom. The molecule has 1 aliphatic heterocycles. The van der Waals surface area contributed by atoms with Crippen molar-refractivity contribution >= 4 is 0 Å². The maximum absolute atomic E-state index is 13.8. The molecule has 1 saturated heterocycles. The van der Waals surface area contributed by atoms with Crippen LogP contribution in [0.5, 0.6) is 0 Å². The van der Waals surface area contributed by atoms with E-state index in [4.69, 9.17) is 0 Å². The first-order valence-electron chi connectivity index (χ1n) is 7.08. The highest BCUT2D eigenvalue weighted by Gasteiger charge is 2.35. The van der Waals surface area contributed by atoms with E-state index in [9.17, 15) is 4.39 Å². The van der Waals surface area contributed by atoms with Crippen LogP contribution in [0.15, 0.2) is 18.2 Å². The molecular formula is C16H24FN. The number of rotatable bonds is 2. The van der Waals surface area contributed by atoms with Gasteiger partial charge in [0, 0.05) is 5.54 Å². The molecule has 0 aliphatic carbocycles. The highest BCUT2D eigenvalue weighted by molar-refractivity contribution is 5.30. The standard InChI is InChI=1S/C16H24FN/c1-12(2)16(9-5-4-6-10-18-16)14-8-7-13(3)15(17)11-14/h7-8,11-12,18H,4-6,9-10H2,1-3H3. The Hall–Kier alpha value is -0.890. The summed E-state index contributed by atoms with van der Waals surface area (Å²) >= 11 is 0. The molecule has 1 N–H and O–H groups in total. The van der Waals surface area contributed by atoms with Crippen molar-refractivity contribution in [3.05, 3.63) is 35.1 Å². The summed E-state index contributed by atoms with van der Waals surface area (Å²) in [6.45, 7) is 7.32. The van der Waals surface area contributed by atoms with Gasteiger partial charge in [0.25, 0.3) is 0 Å². The molecule has 1 heterocycles. The summed E-state index contributed by atoms with van der Waals surface area (Å²) in [5, 5.41) is 3.69. The van der Waals surface area contributed by atoms with Crippen molar-refractivity contribution in [2.24, 2.45) is 5.92 Å². The maximum Gasteiger partial charge on any atom is 0.126 e. The number of hydrogen-bond donors (Lipinski definition) is 1. The van der Waals surface area contributed by atoms with Crippen LogP contribution in [0.4, 0.5) is 4.39 Å². The fraction of sp³-hybridized carbons (Fsp3) is 0.625. The van der Waals surface area contributed by atoms with Gasteiger partial charge in [0.15, 0.2) is 0 Å². The van der Waals surface area contributed by atoms with Gasteiger partial charge in [-0.2, -0.15) is 0 Å². The zero-order valence-electron chi connectivity index (χ0n) is 11.7. The van der Waals surface area contributed by atoms with Crippen molar-refractivity contribution in [3.8, 4) is 0 Å². The lowest BCUT2D eigenvalue weighted by Gasteiger charge is -2.38. The second-order valence-corrected chi connectivity index (χ2v) is 5.83. The molecule has 0 saturated carbocycles. The van der Waals surface area contributed by atoms with Crippen LogP contribution in [-0.2, 0) is 5.54 Å². The minimum atomic E-state index is -0.0847. The Labute approximate surface area is 110 Å². The monoisotopic (exact) mass is 249 g/mol. The Morgan fingerprint density at radius 3 is 2.67 bits per heavy atom. The van der Waals surface area contributed by atoms with Gasteiger partial charge in [-0.05, 0) is 49.4 Å². The van der Waals surface area contributed by atoms with Crippen molar-refractivity contribution in [1.82, 2.24) is 5.32 Å². The summed E-state index contributed by atoms with van der Waals surface area (Å²) in [6.07, 6.45) is 4.83. The quantitative estimate of drug-likeness (QED) is 0.830. The average Bonchev–Trinajstić information content (AvgIpc) is 2.59. The summed E-state index contributed by atoms with van der Waals surface area (Å²) in [5.74, 6) is 0.385. The van der Waals surface area contributed by atoms with E-state index in [1.54, 1.807) is 6.07 Å². The van der Waals surface area contributed by atoms with Crippen LogP contribution in [0.25, 0.3) is 0 Å². The van der Waals surface area contributed by atoms with Crippen LogP contribution in [0.1, 0.15) is 50.7 Å². The summed E-state index contributed by atoms with van der Waals surface area (Å²) < 4.78 is 13.8. The van der Waals surface area contributed by atoms with E-state index in [1.165, 1.54) is 19.3 Å². The smallest absolute Gasteiger partial charge is 0.126 e. The number of halogens is 1. The van der Waals surface area contributed by atoms with Gasteiger partial charge in [-0.15, -0.1) is 0 Å². The Morgan fingerprint density at radius 1 is 1.22 bits per heavy atom. The summed E-state index contributed by atoms with van der Waals surface area (Å²) in [6, 6.07) is 5.73. The summed E-state index contributed by atoms with van der Waals surface area (Å²) in [7, 11) is 0. The van der Waals surface area contributed by atoms with Gasteiger partial charge in [-0.3, -0.25) is 0 Å². The molecule has 1 aliphatic rings. The van der Waals surface area contributed by atoms with E-state index < -0.39 is 0 Å². The number of benzene rings is 1. The van der Waals surface area contributed by atoms with E-state index >= 15 is 0 Å². The fourth-order valence-electron chi connectivity index (χ4n) is 3.05. The van der Waals surface area contributed by atoms with Crippen LogP contribution < -0.4 is 5.32 Å². The van der Waals surface area contributed by atoms with Gasteiger partial charge in [-0.1, -0.05) is 38.8 Å². The molecule has 18 heavy (non-hydrogen) atoms. The summed E-state index contributed by atoms with van der Waals surface area (Å²) in [4.78, 5) is 0. The lowest BCUT2D eigenvalue weighted by molar-refractivity contribution is 0.230. The molecule has 0 amide bonds. The van der Waals surface area contributed by atoms with Crippen molar-refractivity contribution in [2.45, 2.75) is 52.0 Å². The second kappa shape index (κ2) is 5.40. The van der Waals surface area contributed by atoms with Gasteiger partial charge in [0.2, 0.25) is 0 Å². The summed E-state index contributed by atoms with van der Waals surface area (Å²) in [5.41, 5.74) is 1.79. The van der Waals surface area contributed by atoms with Crippen LogP contribution in [0, 0.1) is 18.7 Å². The van der Waals surface area contributed by atoms with Crippen molar-refractivity contribution in [1.29, 1.82) is 0 Å².